The van der Waals surface area contributed by atoms with E-state index in [1.807, 2.05) is 56.3 Å². The van der Waals surface area contributed by atoms with Gasteiger partial charge in [-0.2, -0.15) is 0 Å². The van der Waals surface area contributed by atoms with Gasteiger partial charge in [-0.05, 0) is 43.9 Å². The molecule has 0 heterocycles. The Morgan fingerprint density at radius 3 is 2.23 bits per heavy atom. The van der Waals surface area contributed by atoms with E-state index in [9.17, 15) is 4.79 Å². The third-order valence-corrected chi connectivity index (χ3v) is 3.72. The summed E-state index contributed by atoms with van der Waals surface area (Å²) in [6, 6.07) is 18.1. The molecule has 2 aromatic rings. The zero-order chi connectivity index (χ0) is 15.8. The molecular weight excluding hydrogens is 274 g/mol. The summed E-state index contributed by atoms with van der Waals surface area (Å²) in [7, 11) is 0. The number of benzene rings is 2. The van der Waals surface area contributed by atoms with Crippen molar-refractivity contribution in [2.24, 2.45) is 0 Å². The van der Waals surface area contributed by atoms with Crippen molar-refractivity contribution in [3.8, 4) is 5.75 Å². The molecular formula is C19H23NO2. The van der Waals surface area contributed by atoms with Crippen molar-refractivity contribution >= 4 is 6.09 Å². The van der Waals surface area contributed by atoms with Gasteiger partial charge in [-0.15, -0.1) is 0 Å². The normalized spacial score (nSPS) is 10.3. The SMILES string of the molecule is CCN(CC)C(=O)Oc1ccccc1CCc1ccccc1. The highest BCUT2D eigenvalue weighted by Crippen LogP contribution is 2.21. The highest BCUT2D eigenvalue weighted by atomic mass is 16.6. The number of carbonyl (C=O) groups excluding carboxylic acids is 1. The summed E-state index contributed by atoms with van der Waals surface area (Å²) >= 11 is 0. The lowest BCUT2D eigenvalue weighted by Crippen LogP contribution is -2.33. The van der Waals surface area contributed by atoms with Crippen LogP contribution in [0.5, 0.6) is 5.75 Å². The maximum Gasteiger partial charge on any atom is 0.415 e. The topological polar surface area (TPSA) is 29.5 Å². The average Bonchev–Trinajstić information content (AvgIpc) is 2.56. The summed E-state index contributed by atoms with van der Waals surface area (Å²) in [5.41, 5.74) is 2.35. The van der Waals surface area contributed by atoms with Crippen molar-refractivity contribution in [1.82, 2.24) is 4.90 Å². The van der Waals surface area contributed by atoms with Crippen LogP contribution in [0, 0.1) is 0 Å². The number of carbonyl (C=O) groups is 1. The summed E-state index contributed by atoms with van der Waals surface area (Å²) in [5.74, 6) is 0.662. The molecule has 0 fully saturated rings. The maximum atomic E-state index is 12.1. The van der Waals surface area contributed by atoms with E-state index in [0.29, 0.717) is 18.8 Å². The molecule has 2 aromatic carbocycles. The fourth-order valence-corrected chi connectivity index (χ4v) is 2.37. The van der Waals surface area contributed by atoms with E-state index in [4.69, 9.17) is 4.74 Å². The Morgan fingerprint density at radius 2 is 1.55 bits per heavy atom. The molecule has 0 unspecified atom stereocenters. The van der Waals surface area contributed by atoms with Crippen molar-refractivity contribution in [3.05, 3.63) is 65.7 Å². The molecule has 2 rings (SSSR count). The summed E-state index contributed by atoms with van der Waals surface area (Å²) < 4.78 is 5.56. The minimum atomic E-state index is -0.280. The van der Waals surface area contributed by atoms with Gasteiger partial charge in [0.25, 0.3) is 0 Å². The van der Waals surface area contributed by atoms with Gasteiger partial charge in [0.2, 0.25) is 0 Å². The second-order valence-corrected chi connectivity index (χ2v) is 5.13. The van der Waals surface area contributed by atoms with E-state index >= 15 is 0 Å². The highest BCUT2D eigenvalue weighted by molar-refractivity contribution is 5.71. The van der Waals surface area contributed by atoms with Crippen LogP contribution in [0.3, 0.4) is 0 Å². The fraction of sp³-hybridized carbons (Fsp3) is 0.316. The monoisotopic (exact) mass is 297 g/mol. The minimum Gasteiger partial charge on any atom is -0.410 e. The lowest BCUT2D eigenvalue weighted by atomic mass is 10.0. The van der Waals surface area contributed by atoms with Gasteiger partial charge >= 0.3 is 6.09 Å². The first-order valence-corrected chi connectivity index (χ1v) is 7.83. The summed E-state index contributed by atoms with van der Waals surface area (Å²) in [6.07, 6.45) is 1.50. The molecule has 0 aliphatic heterocycles. The van der Waals surface area contributed by atoms with Gasteiger partial charge in [0.1, 0.15) is 5.75 Å². The highest BCUT2D eigenvalue weighted by Gasteiger charge is 2.14. The molecule has 3 nitrogen and oxygen atoms in total. The molecule has 116 valence electrons. The first-order chi connectivity index (χ1) is 10.7. The van der Waals surface area contributed by atoms with Gasteiger partial charge < -0.3 is 9.64 Å². The predicted molar refractivity (Wildman–Crippen MR) is 89.2 cm³/mol. The molecule has 1 amide bonds. The molecule has 0 saturated heterocycles. The van der Waals surface area contributed by atoms with Gasteiger partial charge in [0.15, 0.2) is 0 Å². The van der Waals surface area contributed by atoms with Crippen molar-refractivity contribution in [2.75, 3.05) is 13.1 Å². The van der Waals surface area contributed by atoms with Crippen LogP contribution in [-0.2, 0) is 12.8 Å². The maximum absolute atomic E-state index is 12.1. The Bertz CT molecular complexity index is 591. The molecule has 0 N–H and O–H groups in total. The molecule has 0 aliphatic carbocycles. The Morgan fingerprint density at radius 1 is 0.909 bits per heavy atom. The van der Waals surface area contributed by atoms with Crippen LogP contribution in [0.15, 0.2) is 54.6 Å². The van der Waals surface area contributed by atoms with Gasteiger partial charge in [-0.25, -0.2) is 4.79 Å². The van der Waals surface area contributed by atoms with E-state index in [1.165, 1.54) is 5.56 Å². The van der Waals surface area contributed by atoms with Gasteiger partial charge in [-0.3, -0.25) is 0 Å². The number of hydrogen-bond donors (Lipinski definition) is 0. The molecule has 0 spiro atoms. The fourth-order valence-electron chi connectivity index (χ4n) is 2.37. The lowest BCUT2D eigenvalue weighted by molar-refractivity contribution is 0.157. The third-order valence-electron chi connectivity index (χ3n) is 3.72. The standard InChI is InChI=1S/C19H23NO2/c1-3-20(4-2)19(21)22-18-13-9-8-12-17(18)15-14-16-10-6-5-7-11-16/h5-13H,3-4,14-15H2,1-2H3. The van der Waals surface area contributed by atoms with E-state index in [0.717, 1.165) is 18.4 Å². The summed E-state index contributed by atoms with van der Waals surface area (Å²) in [4.78, 5) is 13.8. The molecule has 0 bridgehead atoms. The summed E-state index contributed by atoms with van der Waals surface area (Å²) in [5, 5.41) is 0. The van der Waals surface area contributed by atoms with Crippen LogP contribution in [0.25, 0.3) is 0 Å². The van der Waals surface area contributed by atoms with Crippen LogP contribution in [0.1, 0.15) is 25.0 Å². The zero-order valence-electron chi connectivity index (χ0n) is 13.3. The second kappa shape index (κ2) is 8.23. The number of ether oxygens (including phenoxy) is 1. The lowest BCUT2D eigenvalue weighted by Gasteiger charge is -2.19. The quantitative estimate of drug-likeness (QED) is 0.795. The first kappa shape index (κ1) is 16.1. The second-order valence-electron chi connectivity index (χ2n) is 5.13. The van der Waals surface area contributed by atoms with Crippen molar-refractivity contribution in [1.29, 1.82) is 0 Å². The molecule has 0 aliphatic rings. The van der Waals surface area contributed by atoms with Gasteiger partial charge in [0.05, 0.1) is 0 Å². The van der Waals surface area contributed by atoms with Crippen LogP contribution < -0.4 is 4.74 Å². The Balaban J connectivity index is 2.05. The first-order valence-electron chi connectivity index (χ1n) is 7.83. The molecule has 3 heteroatoms. The third kappa shape index (κ3) is 4.35. The van der Waals surface area contributed by atoms with Crippen LogP contribution in [0.2, 0.25) is 0 Å². The molecule has 22 heavy (non-hydrogen) atoms. The van der Waals surface area contributed by atoms with Crippen LogP contribution in [-0.4, -0.2) is 24.1 Å². The Labute approximate surface area is 132 Å². The summed E-state index contributed by atoms with van der Waals surface area (Å²) in [6.45, 7) is 5.21. The predicted octanol–water partition coefficient (Wildman–Crippen LogP) is 4.31. The van der Waals surface area contributed by atoms with Crippen molar-refractivity contribution in [2.45, 2.75) is 26.7 Å². The molecule has 0 saturated carbocycles. The average molecular weight is 297 g/mol. The molecule has 0 aromatic heterocycles. The number of aryl methyl sites for hydroxylation is 2. The van der Waals surface area contributed by atoms with Gasteiger partial charge in [-0.1, -0.05) is 48.5 Å². The Hall–Kier alpha value is -2.29. The molecule has 0 atom stereocenters. The van der Waals surface area contributed by atoms with E-state index < -0.39 is 0 Å². The van der Waals surface area contributed by atoms with Crippen molar-refractivity contribution < 1.29 is 9.53 Å². The largest absolute Gasteiger partial charge is 0.415 e. The van der Waals surface area contributed by atoms with E-state index in [1.54, 1.807) is 4.90 Å². The molecule has 0 radical (unpaired) electrons. The smallest absolute Gasteiger partial charge is 0.410 e. The van der Waals surface area contributed by atoms with Crippen LogP contribution >= 0.6 is 0 Å². The zero-order valence-corrected chi connectivity index (χ0v) is 13.3. The van der Waals surface area contributed by atoms with E-state index in [2.05, 4.69) is 12.1 Å². The number of rotatable bonds is 6. The number of amides is 1. The van der Waals surface area contributed by atoms with Crippen LogP contribution in [0.4, 0.5) is 4.79 Å². The number of nitrogens with zero attached hydrogens (tertiary/aromatic N) is 1. The Kier molecular flexibility index (Phi) is 6.01. The van der Waals surface area contributed by atoms with Gasteiger partial charge in [0, 0.05) is 13.1 Å². The number of hydrogen-bond acceptors (Lipinski definition) is 2. The van der Waals surface area contributed by atoms with E-state index in [-0.39, 0.29) is 6.09 Å². The van der Waals surface area contributed by atoms with Crippen molar-refractivity contribution in [3.63, 3.8) is 0 Å². The minimum absolute atomic E-state index is 0.280. The number of para-hydroxylation sites is 1.